The van der Waals surface area contributed by atoms with Crippen molar-refractivity contribution in [3.8, 4) is 17.0 Å². The van der Waals surface area contributed by atoms with E-state index >= 15 is 0 Å². The van der Waals surface area contributed by atoms with Crippen molar-refractivity contribution in [2.45, 2.75) is 0 Å². The quantitative estimate of drug-likeness (QED) is 0.851. The van der Waals surface area contributed by atoms with E-state index in [1.54, 1.807) is 7.05 Å². The second-order valence-corrected chi connectivity index (χ2v) is 4.10. The molecule has 0 aliphatic carbocycles. The highest BCUT2D eigenvalue weighted by molar-refractivity contribution is 5.96. The fourth-order valence-electron chi connectivity index (χ4n) is 1.86. The van der Waals surface area contributed by atoms with Gasteiger partial charge in [0.05, 0.1) is 11.4 Å². The van der Waals surface area contributed by atoms with Crippen LogP contribution in [0.2, 0.25) is 0 Å². The predicted molar refractivity (Wildman–Crippen MR) is 71.1 cm³/mol. The summed E-state index contributed by atoms with van der Waals surface area (Å²) in [4.78, 5) is 11.3. The summed E-state index contributed by atoms with van der Waals surface area (Å²) in [5.74, 6) is 1.22. The lowest BCUT2D eigenvalue weighted by atomic mass is 10.1. The lowest BCUT2D eigenvalue weighted by molar-refractivity contribution is -0.118. The molecule has 0 unspecified atom stereocenters. The normalized spacial score (nSPS) is 13.2. The van der Waals surface area contributed by atoms with Crippen LogP contribution in [0.15, 0.2) is 30.3 Å². The molecule has 0 saturated heterocycles. The zero-order valence-corrected chi connectivity index (χ0v) is 10.3. The summed E-state index contributed by atoms with van der Waals surface area (Å²) in [6, 6.07) is 9.25. The summed E-state index contributed by atoms with van der Waals surface area (Å²) in [6.07, 6.45) is 0. The largest absolute Gasteiger partial charge is 0.482 e. The molecule has 1 aliphatic rings. The highest BCUT2D eigenvalue weighted by atomic mass is 16.5. The fourth-order valence-corrected chi connectivity index (χ4v) is 1.86. The Kier molecular flexibility index (Phi) is 2.75. The lowest BCUT2D eigenvalue weighted by Crippen LogP contribution is -2.25. The first-order valence-corrected chi connectivity index (χ1v) is 5.85. The van der Waals surface area contributed by atoms with Gasteiger partial charge >= 0.3 is 0 Å². The number of hydrogen-bond acceptors (Lipinski definition) is 5. The number of hydrogen-bond donors (Lipinski definition) is 2. The van der Waals surface area contributed by atoms with Gasteiger partial charge in [0.1, 0.15) is 11.6 Å². The van der Waals surface area contributed by atoms with Crippen molar-refractivity contribution in [2.24, 2.45) is 0 Å². The standard InChI is InChI=1S/C13H12N4O2/c1-14-12-5-3-9(16-17-12)8-2-4-11-10(6-8)15-13(18)7-19-11/h2-6H,7H2,1H3,(H,14,17)(H,15,18). The Morgan fingerprint density at radius 3 is 2.89 bits per heavy atom. The number of rotatable bonds is 2. The number of nitrogens with one attached hydrogen (secondary N) is 2. The summed E-state index contributed by atoms with van der Waals surface area (Å²) < 4.78 is 5.31. The SMILES string of the molecule is CNc1ccc(-c2ccc3c(c2)NC(=O)CO3)nn1. The van der Waals surface area contributed by atoms with Crippen LogP contribution in [0.3, 0.4) is 0 Å². The first-order valence-electron chi connectivity index (χ1n) is 5.85. The van der Waals surface area contributed by atoms with Crippen LogP contribution in [0.4, 0.5) is 11.5 Å². The molecular formula is C13H12N4O2. The third-order valence-corrected chi connectivity index (χ3v) is 2.83. The fraction of sp³-hybridized carbons (Fsp3) is 0.154. The van der Waals surface area contributed by atoms with Gasteiger partial charge in [0.15, 0.2) is 6.61 Å². The number of fused-ring (bicyclic) bond motifs is 1. The number of benzene rings is 1. The number of aromatic nitrogens is 2. The Balaban J connectivity index is 1.96. The zero-order chi connectivity index (χ0) is 13.2. The molecule has 1 aromatic heterocycles. The molecule has 0 saturated carbocycles. The monoisotopic (exact) mass is 256 g/mol. The minimum atomic E-state index is -0.152. The third kappa shape index (κ3) is 2.20. The number of nitrogens with zero attached hydrogens (tertiary/aromatic N) is 2. The van der Waals surface area contributed by atoms with Crippen LogP contribution in [0.1, 0.15) is 0 Å². The van der Waals surface area contributed by atoms with Crippen molar-refractivity contribution < 1.29 is 9.53 Å². The van der Waals surface area contributed by atoms with Gasteiger partial charge in [-0.1, -0.05) is 0 Å². The molecular weight excluding hydrogens is 244 g/mol. The zero-order valence-electron chi connectivity index (χ0n) is 10.3. The molecule has 1 aliphatic heterocycles. The Morgan fingerprint density at radius 2 is 2.16 bits per heavy atom. The maximum Gasteiger partial charge on any atom is 0.262 e. The van der Waals surface area contributed by atoms with Gasteiger partial charge in [0.25, 0.3) is 5.91 Å². The number of carbonyl (C=O) groups excluding carboxylic acids is 1. The Morgan fingerprint density at radius 1 is 1.26 bits per heavy atom. The molecule has 1 amide bonds. The Bertz CT molecular complexity index is 625. The van der Waals surface area contributed by atoms with E-state index in [-0.39, 0.29) is 12.5 Å². The highest BCUT2D eigenvalue weighted by Crippen LogP contribution is 2.31. The van der Waals surface area contributed by atoms with E-state index in [0.29, 0.717) is 17.3 Å². The van der Waals surface area contributed by atoms with Crippen LogP contribution in [0.25, 0.3) is 11.3 Å². The number of anilines is 2. The Labute approximate surface area is 109 Å². The second kappa shape index (κ2) is 4.56. The van der Waals surface area contributed by atoms with Gasteiger partial charge in [-0.15, -0.1) is 10.2 Å². The minimum absolute atomic E-state index is 0.0586. The van der Waals surface area contributed by atoms with Crippen molar-refractivity contribution in [3.63, 3.8) is 0 Å². The van der Waals surface area contributed by atoms with Crippen molar-refractivity contribution in [3.05, 3.63) is 30.3 Å². The maximum atomic E-state index is 11.3. The van der Waals surface area contributed by atoms with E-state index in [1.165, 1.54) is 0 Å². The molecule has 3 rings (SSSR count). The van der Waals surface area contributed by atoms with Crippen molar-refractivity contribution >= 4 is 17.4 Å². The van der Waals surface area contributed by atoms with E-state index in [2.05, 4.69) is 20.8 Å². The molecule has 0 radical (unpaired) electrons. The van der Waals surface area contributed by atoms with Crippen LogP contribution >= 0.6 is 0 Å². The average Bonchev–Trinajstić information content (AvgIpc) is 2.46. The summed E-state index contributed by atoms with van der Waals surface area (Å²) in [5, 5.41) is 13.8. The van der Waals surface area contributed by atoms with Gasteiger partial charge in [0.2, 0.25) is 0 Å². The van der Waals surface area contributed by atoms with E-state index < -0.39 is 0 Å². The molecule has 96 valence electrons. The average molecular weight is 256 g/mol. The Hall–Kier alpha value is -2.63. The number of carbonyl (C=O) groups is 1. The van der Waals surface area contributed by atoms with Gasteiger partial charge in [-0.3, -0.25) is 4.79 Å². The molecule has 0 bridgehead atoms. The van der Waals surface area contributed by atoms with Crippen LogP contribution in [-0.2, 0) is 4.79 Å². The van der Waals surface area contributed by atoms with E-state index in [4.69, 9.17) is 4.74 Å². The number of amides is 1. The molecule has 0 fully saturated rings. The smallest absolute Gasteiger partial charge is 0.262 e. The van der Waals surface area contributed by atoms with Crippen LogP contribution < -0.4 is 15.4 Å². The second-order valence-electron chi connectivity index (χ2n) is 4.10. The predicted octanol–water partition coefficient (Wildman–Crippen LogP) is 1.52. The van der Waals surface area contributed by atoms with Crippen molar-refractivity contribution in [1.82, 2.24) is 10.2 Å². The molecule has 2 heterocycles. The molecule has 1 aromatic carbocycles. The van der Waals surface area contributed by atoms with Crippen molar-refractivity contribution in [2.75, 3.05) is 24.3 Å². The topological polar surface area (TPSA) is 76.1 Å². The molecule has 19 heavy (non-hydrogen) atoms. The molecule has 6 nitrogen and oxygen atoms in total. The number of ether oxygens (including phenoxy) is 1. The minimum Gasteiger partial charge on any atom is -0.482 e. The van der Waals surface area contributed by atoms with Crippen LogP contribution in [0.5, 0.6) is 5.75 Å². The van der Waals surface area contributed by atoms with Crippen LogP contribution in [-0.4, -0.2) is 29.8 Å². The molecule has 2 N–H and O–H groups in total. The van der Waals surface area contributed by atoms with E-state index in [1.807, 2.05) is 30.3 Å². The van der Waals surface area contributed by atoms with Gasteiger partial charge in [-0.05, 0) is 30.3 Å². The van der Waals surface area contributed by atoms with Gasteiger partial charge < -0.3 is 15.4 Å². The van der Waals surface area contributed by atoms with Crippen LogP contribution in [0, 0.1) is 0 Å². The summed E-state index contributed by atoms with van der Waals surface area (Å²) in [5.41, 5.74) is 2.27. The van der Waals surface area contributed by atoms with Gasteiger partial charge in [-0.2, -0.15) is 0 Å². The maximum absolute atomic E-state index is 11.3. The third-order valence-electron chi connectivity index (χ3n) is 2.83. The van der Waals surface area contributed by atoms with E-state index in [9.17, 15) is 4.79 Å². The molecule has 2 aromatic rings. The summed E-state index contributed by atoms with van der Waals surface area (Å²) >= 11 is 0. The first-order chi connectivity index (χ1) is 9.26. The highest BCUT2D eigenvalue weighted by Gasteiger charge is 2.16. The molecule has 0 atom stereocenters. The van der Waals surface area contributed by atoms with Gasteiger partial charge in [-0.25, -0.2) is 0 Å². The van der Waals surface area contributed by atoms with Gasteiger partial charge in [0, 0.05) is 12.6 Å². The summed E-state index contributed by atoms with van der Waals surface area (Å²) in [7, 11) is 1.79. The summed E-state index contributed by atoms with van der Waals surface area (Å²) in [6.45, 7) is 0.0586. The lowest BCUT2D eigenvalue weighted by Gasteiger charge is -2.18. The first kappa shape index (κ1) is 11.5. The molecule has 0 spiro atoms. The van der Waals surface area contributed by atoms with E-state index in [0.717, 1.165) is 11.3 Å². The van der Waals surface area contributed by atoms with Crippen molar-refractivity contribution in [1.29, 1.82) is 0 Å². The molecule has 6 heteroatoms.